The molecule has 88 valence electrons. The Labute approximate surface area is 95.8 Å². The second kappa shape index (κ2) is 4.73. The second-order valence-electron chi connectivity index (χ2n) is 4.58. The third-order valence-corrected chi connectivity index (χ3v) is 2.78. The van der Waals surface area contributed by atoms with Gasteiger partial charge in [-0.05, 0) is 45.2 Å². The molecule has 1 saturated carbocycles. The summed E-state index contributed by atoms with van der Waals surface area (Å²) in [6.45, 7) is 3.86. The molecule has 1 aromatic carbocycles. The van der Waals surface area contributed by atoms with E-state index in [-0.39, 0.29) is 11.9 Å². The number of hydrogen-bond acceptors (Lipinski definition) is 2. The highest BCUT2D eigenvalue weighted by molar-refractivity contribution is 5.49. The molecule has 0 bridgehead atoms. The lowest BCUT2D eigenvalue weighted by Crippen LogP contribution is -2.27. The van der Waals surface area contributed by atoms with Crippen LogP contribution in [0.4, 0.5) is 10.1 Å². The standard InChI is InChI=1S/C13H18FNO/c1-9(2)16-11-6-7-13(12(14)8-11)15-10-4-3-5-10/h6-10,15H,3-5H2,1-2H3. The van der Waals surface area contributed by atoms with Crippen LogP contribution in [0.3, 0.4) is 0 Å². The van der Waals surface area contributed by atoms with E-state index in [0.29, 0.717) is 17.5 Å². The Morgan fingerprint density at radius 2 is 2.12 bits per heavy atom. The zero-order valence-corrected chi connectivity index (χ0v) is 9.79. The number of benzene rings is 1. The number of ether oxygens (including phenoxy) is 1. The van der Waals surface area contributed by atoms with E-state index in [9.17, 15) is 4.39 Å². The summed E-state index contributed by atoms with van der Waals surface area (Å²) in [4.78, 5) is 0. The van der Waals surface area contributed by atoms with Crippen LogP contribution in [-0.2, 0) is 0 Å². The molecule has 3 heteroatoms. The van der Waals surface area contributed by atoms with Gasteiger partial charge >= 0.3 is 0 Å². The van der Waals surface area contributed by atoms with Crippen molar-refractivity contribution in [1.29, 1.82) is 0 Å². The Morgan fingerprint density at radius 1 is 1.38 bits per heavy atom. The fraction of sp³-hybridized carbons (Fsp3) is 0.538. The van der Waals surface area contributed by atoms with Gasteiger partial charge in [0, 0.05) is 12.1 Å². The molecule has 0 saturated heterocycles. The van der Waals surface area contributed by atoms with Crippen LogP contribution < -0.4 is 10.1 Å². The average molecular weight is 223 g/mol. The van der Waals surface area contributed by atoms with Gasteiger partial charge in [0.1, 0.15) is 11.6 Å². The van der Waals surface area contributed by atoms with Crippen molar-refractivity contribution >= 4 is 5.69 Å². The zero-order valence-electron chi connectivity index (χ0n) is 9.79. The van der Waals surface area contributed by atoms with E-state index >= 15 is 0 Å². The minimum Gasteiger partial charge on any atom is -0.491 e. The third kappa shape index (κ3) is 2.65. The van der Waals surface area contributed by atoms with E-state index in [1.807, 2.05) is 19.9 Å². The van der Waals surface area contributed by atoms with E-state index in [1.165, 1.54) is 12.5 Å². The lowest BCUT2D eigenvalue weighted by Gasteiger charge is -2.27. The second-order valence-corrected chi connectivity index (χ2v) is 4.58. The minimum absolute atomic E-state index is 0.0739. The van der Waals surface area contributed by atoms with Gasteiger partial charge in [0.25, 0.3) is 0 Å². The van der Waals surface area contributed by atoms with Crippen LogP contribution >= 0.6 is 0 Å². The van der Waals surface area contributed by atoms with Crippen molar-refractivity contribution in [1.82, 2.24) is 0 Å². The molecule has 0 unspecified atom stereocenters. The van der Waals surface area contributed by atoms with Crippen LogP contribution in [0.5, 0.6) is 5.75 Å². The Bertz CT molecular complexity index is 361. The highest BCUT2D eigenvalue weighted by Crippen LogP contribution is 2.27. The quantitative estimate of drug-likeness (QED) is 0.842. The fourth-order valence-electron chi connectivity index (χ4n) is 1.73. The predicted molar refractivity (Wildman–Crippen MR) is 63.4 cm³/mol. The first kappa shape index (κ1) is 11.2. The van der Waals surface area contributed by atoms with Crippen molar-refractivity contribution in [2.75, 3.05) is 5.32 Å². The first-order chi connectivity index (χ1) is 7.65. The maximum Gasteiger partial charge on any atom is 0.149 e. The van der Waals surface area contributed by atoms with Gasteiger partial charge in [-0.1, -0.05) is 0 Å². The van der Waals surface area contributed by atoms with E-state index in [4.69, 9.17) is 4.74 Å². The van der Waals surface area contributed by atoms with Crippen molar-refractivity contribution in [3.63, 3.8) is 0 Å². The van der Waals surface area contributed by atoms with E-state index < -0.39 is 0 Å². The van der Waals surface area contributed by atoms with Crippen LogP contribution in [0, 0.1) is 5.82 Å². The Kier molecular flexibility index (Phi) is 3.32. The molecule has 0 aromatic heterocycles. The largest absolute Gasteiger partial charge is 0.491 e. The summed E-state index contributed by atoms with van der Waals surface area (Å²) in [6.07, 6.45) is 3.60. The molecule has 0 atom stereocenters. The molecule has 16 heavy (non-hydrogen) atoms. The SMILES string of the molecule is CC(C)Oc1ccc(NC2CCC2)c(F)c1. The summed E-state index contributed by atoms with van der Waals surface area (Å²) >= 11 is 0. The number of anilines is 1. The van der Waals surface area contributed by atoms with Crippen molar-refractivity contribution < 1.29 is 9.13 Å². The molecule has 1 aliphatic rings. The molecular weight excluding hydrogens is 205 g/mol. The first-order valence-corrected chi connectivity index (χ1v) is 5.88. The molecule has 2 nitrogen and oxygen atoms in total. The molecular formula is C13H18FNO. The van der Waals surface area contributed by atoms with E-state index in [1.54, 1.807) is 6.07 Å². The summed E-state index contributed by atoms with van der Waals surface area (Å²) in [7, 11) is 0. The van der Waals surface area contributed by atoms with Gasteiger partial charge in [0.05, 0.1) is 11.8 Å². The number of hydrogen-bond donors (Lipinski definition) is 1. The summed E-state index contributed by atoms with van der Waals surface area (Å²) < 4.78 is 19.1. The van der Waals surface area contributed by atoms with Gasteiger partial charge in [0.2, 0.25) is 0 Å². The van der Waals surface area contributed by atoms with Gasteiger partial charge in [-0.3, -0.25) is 0 Å². The molecule has 0 heterocycles. The van der Waals surface area contributed by atoms with Crippen LogP contribution in [0.25, 0.3) is 0 Å². The highest BCUT2D eigenvalue weighted by Gasteiger charge is 2.18. The summed E-state index contributed by atoms with van der Waals surface area (Å²) in [5.41, 5.74) is 0.584. The molecule has 1 aromatic rings. The van der Waals surface area contributed by atoms with Crippen molar-refractivity contribution in [3.8, 4) is 5.75 Å². The molecule has 0 amide bonds. The van der Waals surface area contributed by atoms with Gasteiger partial charge in [-0.2, -0.15) is 0 Å². The molecule has 1 N–H and O–H groups in total. The topological polar surface area (TPSA) is 21.3 Å². The van der Waals surface area contributed by atoms with E-state index in [2.05, 4.69) is 5.32 Å². The smallest absolute Gasteiger partial charge is 0.149 e. The van der Waals surface area contributed by atoms with Crippen LogP contribution in [0.2, 0.25) is 0 Å². The lowest BCUT2D eigenvalue weighted by molar-refractivity contribution is 0.241. The predicted octanol–water partition coefficient (Wildman–Crippen LogP) is 3.58. The van der Waals surface area contributed by atoms with Gasteiger partial charge in [-0.25, -0.2) is 4.39 Å². The van der Waals surface area contributed by atoms with E-state index in [0.717, 1.165) is 12.8 Å². The molecule has 0 spiro atoms. The normalized spacial score (nSPS) is 16.0. The zero-order chi connectivity index (χ0) is 11.5. The molecule has 1 fully saturated rings. The average Bonchev–Trinajstić information content (AvgIpc) is 2.12. The monoisotopic (exact) mass is 223 g/mol. The number of nitrogens with one attached hydrogen (secondary N) is 1. The van der Waals surface area contributed by atoms with Gasteiger partial charge in [0.15, 0.2) is 0 Å². The molecule has 1 aliphatic carbocycles. The summed E-state index contributed by atoms with van der Waals surface area (Å²) in [6, 6.07) is 5.46. The fourth-order valence-corrected chi connectivity index (χ4v) is 1.73. The number of halogens is 1. The maximum atomic E-state index is 13.7. The van der Waals surface area contributed by atoms with Crippen LogP contribution in [0.1, 0.15) is 33.1 Å². The Morgan fingerprint density at radius 3 is 2.62 bits per heavy atom. The van der Waals surface area contributed by atoms with Gasteiger partial charge < -0.3 is 10.1 Å². The number of rotatable bonds is 4. The van der Waals surface area contributed by atoms with Crippen molar-refractivity contribution in [2.45, 2.75) is 45.3 Å². The molecule has 2 rings (SSSR count). The van der Waals surface area contributed by atoms with Crippen molar-refractivity contribution in [2.24, 2.45) is 0 Å². The Hall–Kier alpha value is -1.25. The summed E-state index contributed by atoms with van der Waals surface area (Å²) in [5, 5.41) is 3.20. The molecule has 0 aliphatic heterocycles. The maximum absolute atomic E-state index is 13.7. The third-order valence-electron chi connectivity index (χ3n) is 2.78. The lowest BCUT2D eigenvalue weighted by atomic mass is 9.93. The summed E-state index contributed by atoms with van der Waals surface area (Å²) in [5.74, 6) is 0.358. The van der Waals surface area contributed by atoms with Gasteiger partial charge in [-0.15, -0.1) is 0 Å². The Balaban J connectivity index is 2.03. The van der Waals surface area contributed by atoms with Crippen LogP contribution in [0.15, 0.2) is 18.2 Å². The first-order valence-electron chi connectivity index (χ1n) is 5.88. The molecule has 0 radical (unpaired) electrons. The van der Waals surface area contributed by atoms with Crippen molar-refractivity contribution in [3.05, 3.63) is 24.0 Å². The minimum atomic E-state index is -0.231. The van der Waals surface area contributed by atoms with Crippen LogP contribution in [-0.4, -0.2) is 12.1 Å². The highest BCUT2D eigenvalue weighted by atomic mass is 19.1.